The molecule has 5 nitrogen and oxygen atoms in total. The van der Waals surface area contributed by atoms with E-state index >= 15 is 0 Å². The molecule has 4 rings (SSSR count). The summed E-state index contributed by atoms with van der Waals surface area (Å²) in [4.78, 5) is 0. The fourth-order valence-corrected chi connectivity index (χ4v) is 3.43. The Morgan fingerprint density at radius 3 is 2.21 bits per heavy atom. The van der Waals surface area contributed by atoms with Crippen molar-refractivity contribution in [3.8, 4) is 28.5 Å². The number of benzene rings is 2. The van der Waals surface area contributed by atoms with Crippen LogP contribution in [0.5, 0.6) is 0 Å². The average Bonchev–Trinajstić information content (AvgIpc) is 3.28. The molecule has 29 heavy (non-hydrogen) atoms. The Bertz CT molecular complexity index is 1160. The molecule has 0 radical (unpaired) electrons. The zero-order chi connectivity index (χ0) is 20.8. The van der Waals surface area contributed by atoms with Gasteiger partial charge in [-0.2, -0.15) is 5.10 Å². The highest BCUT2D eigenvalue weighted by atomic mass is 79.9. The summed E-state index contributed by atoms with van der Waals surface area (Å²) in [6, 6.07) is 15.7. The minimum absolute atomic E-state index is 0.230. The summed E-state index contributed by atoms with van der Waals surface area (Å²) < 4.78 is 8.88. The Balaban J connectivity index is 1.92. The first-order chi connectivity index (χ1) is 13.7. The molecule has 0 bridgehead atoms. The van der Waals surface area contributed by atoms with Gasteiger partial charge in [0.25, 0.3) is 5.89 Å². The number of hydrogen-bond donors (Lipinski definition) is 0. The van der Waals surface area contributed by atoms with Crippen LogP contribution in [0.25, 0.3) is 28.5 Å². The Morgan fingerprint density at radius 2 is 1.62 bits per heavy atom. The van der Waals surface area contributed by atoms with Gasteiger partial charge in [0.05, 0.1) is 11.4 Å². The third-order valence-electron chi connectivity index (χ3n) is 4.58. The van der Waals surface area contributed by atoms with Gasteiger partial charge in [-0.3, -0.25) is 0 Å². The average molecular weight is 472 g/mol. The van der Waals surface area contributed by atoms with E-state index in [1.54, 1.807) is 0 Å². The van der Waals surface area contributed by atoms with Crippen LogP contribution < -0.4 is 0 Å². The molecule has 2 heterocycles. The largest absolute Gasteiger partial charge is 0.419 e. The quantitative estimate of drug-likeness (QED) is 0.337. The van der Waals surface area contributed by atoms with Crippen LogP contribution in [-0.4, -0.2) is 20.0 Å². The maximum atomic E-state index is 6.08. The molecular weight excluding hydrogens is 452 g/mol. The molecule has 2 aromatic heterocycles. The van der Waals surface area contributed by atoms with E-state index in [0.29, 0.717) is 22.5 Å². The summed E-state index contributed by atoms with van der Waals surface area (Å²) in [6.07, 6.45) is 0. The number of rotatable bonds is 3. The Kier molecular flexibility index (Phi) is 5.09. The molecule has 0 saturated heterocycles. The van der Waals surface area contributed by atoms with E-state index < -0.39 is 0 Å². The highest BCUT2D eigenvalue weighted by molar-refractivity contribution is 9.10. The van der Waals surface area contributed by atoms with E-state index in [1.807, 2.05) is 68.8 Å². The van der Waals surface area contributed by atoms with Crippen LogP contribution in [0, 0.1) is 6.92 Å². The van der Waals surface area contributed by atoms with Gasteiger partial charge in [-0.05, 0) is 43.3 Å². The number of nitrogens with zero attached hydrogens (tertiary/aromatic N) is 4. The van der Waals surface area contributed by atoms with E-state index in [9.17, 15) is 0 Å². The van der Waals surface area contributed by atoms with E-state index in [0.717, 1.165) is 27.0 Å². The second kappa shape index (κ2) is 7.43. The summed E-state index contributed by atoms with van der Waals surface area (Å²) in [5.41, 5.74) is 4.30. The maximum Gasteiger partial charge on any atom is 0.268 e. The molecule has 148 valence electrons. The number of halogens is 2. The van der Waals surface area contributed by atoms with Crippen molar-refractivity contribution in [1.29, 1.82) is 0 Å². The third kappa shape index (κ3) is 3.87. The molecule has 0 fully saturated rings. The molecule has 0 aliphatic carbocycles. The monoisotopic (exact) mass is 470 g/mol. The van der Waals surface area contributed by atoms with Gasteiger partial charge in [0.2, 0.25) is 5.89 Å². The summed E-state index contributed by atoms with van der Waals surface area (Å²) in [5, 5.41) is 14.0. The standard InChI is InChI=1S/C22H20BrClN4O/c1-13-18(20-25-26-21(29-20)22(2,3)4)27-28(17-11-9-16(24)10-12-17)19(13)14-5-7-15(23)8-6-14/h5-12H,1-4H3. The van der Waals surface area contributed by atoms with Crippen molar-refractivity contribution in [2.24, 2.45) is 0 Å². The van der Waals surface area contributed by atoms with Gasteiger partial charge in [-0.1, -0.05) is 60.4 Å². The molecule has 7 heteroatoms. The highest BCUT2D eigenvalue weighted by Gasteiger charge is 2.26. The lowest BCUT2D eigenvalue weighted by atomic mass is 9.97. The Morgan fingerprint density at radius 1 is 0.966 bits per heavy atom. The maximum absolute atomic E-state index is 6.08. The first-order valence-corrected chi connectivity index (χ1v) is 10.4. The van der Waals surface area contributed by atoms with Gasteiger partial charge < -0.3 is 4.42 Å². The fraction of sp³-hybridized carbons (Fsp3) is 0.227. The third-order valence-corrected chi connectivity index (χ3v) is 5.36. The summed E-state index contributed by atoms with van der Waals surface area (Å²) in [6.45, 7) is 8.14. The van der Waals surface area contributed by atoms with Gasteiger partial charge in [-0.25, -0.2) is 4.68 Å². The lowest BCUT2D eigenvalue weighted by Gasteiger charge is -2.10. The molecule has 0 unspecified atom stereocenters. The van der Waals surface area contributed by atoms with Crippen molar-refractivity contribution < 1.29 is 4.42 Å². The van der Waals surface area contributed by atoms with E-state index in [4.69, 9.17) is 21.1 Å². The van der Waals surface area contributed by atoms with Crippen LogP contribution in [0.1, 0.15) is 32.2 Å². The summed E-state index contributed by atoms with van der Waals surface area (Å²) in [7, 11) is 0. The van der Waals surface area contributed by atoms with Crippen molar-refractivity contribution in [3.63, 3.8) is 0 Å². The van der Waals surface area contributed by atoms with Crippen molar-refractivity contribution in [3.05, 3.63) is 69.5 Å². The topological polar surface area (TPSA) is 56.7 Å². The molecule has 0 N–H and O–H groups in total. The van der Waals surface area contributed by atoms with Crippen LogP contribution in [0.4, 0.5) is 0 Å². The predicted molar refractivity (Wildman–Crippen MR) is 118 cm³/mol. The second-order valence-corrected chi connectivity index (χ2v) is 9.23. The Hall–Kier alpha value is -2.44. The molecular formula is C22H20BrClN4O. The van der Waals surface area contributed by atoms with Crippen molar-refractivity contribution in [2.75, 3.05) is 0 Å². The molecule has 0 saturated carbocycles. The molecule has 0 atom stereocenters. The van der Waals surface area contributed by atoms with Crippen LogP contribution in [0.3, 0.4) is 0 Å². The van der Waals surface area contributed by atoms with Gasteiger partial charge in [0.15, 0.2) is 5.69 Å². The van der Waals surface area contributed by atoms with Gasteiger partial charge in [-0.15, -0.1) is 10.2 Å². The first kappa shape index (κ1) is 19.9. The summed E-state index contributed by atoms with van der Waals surface area (Å²) >= 11 is 9.58. The van der Waals surface area contributed by atoms with Crippen LogP contribution in [-0.2, 0) is 5.41 Å². The van der Waals surface area contributed by atoms with Gasteiger partial charge in [0.1, 0.15) is 0 Å². The summed E-state index contributed by atoms with van der Waals surface area (Å²) in [5.74, 6) is 0.997. The van der Waals surface area contributed by atoms with Gasteiger partial charge >= 0.3 is 0 Å². The smallest absolute Gasteiger partial charge is 0.268 e. The zero-order valence-corrected chi connectivity index (χ0v) is 18.9. The molecule has 0 spiro atoms. The zero-order valence-electron chi connectivity index (χ0n) is 16.6. The van der Waals surface area contributed by atoms with Crippen LogP contribution in [0.2, 0.25) is 5.02 Å². The van der Waals surface area contributed by atoms with E-state index in [-0.39, 0.29) is 5.41 Å². The molecule has 4 aromatic rings. The van der Waals surface area contributed by atoms with Crippen LogP contribution >= 0.6 is 27.5 Å². The molecule has 0 aliphatic heterocycles. The minimum Gasteiger partial charge on any atom is -0.419 e. The highest BCUT2D eigenvalue weighted by Crippen LogP contribution is 2.35. The minimum atomic E-state index is -0.230. The second-order valence-electron chi connectivity index (χ2n) is 7.88. The normalized spacial score (nSPS) is 11.8. The van der Waals surface area contributed by atoms with Gasteiger partial charge in [0, 0.05) is 26.0 Å². The molecule has 0 aliphatic rings. The SMILES string of the molecule is Cc1c(-c2nnc(C(C)(C)C)o2)nn(-c2ccc(Cl)cc2)c1-c1ccc(Br)cc1. The van der Waals surface area contributed by atoms with Crippen molar-refractivity contribution in [1.82, 2.24) is 20.0 Å². The van der Waals surface area contributed by atoms with Crippen LogP contribution in [0.15, 0.2) is 57.4 Å². The fourth-order valence-electron chi connectivity index (χ4n) is 3.04. The van der Waals surface area contributed by atoms with E-state index in [1.165, 1.54) is 0 Å². The lowest BCUT2D eigenvalue weighted by molar-refractivity contribution is 0.398. The van der Waals surface area contributed by atoms with Crippen molar-refractivity contribution in [2.45, 2.75) is 33.1 Å². The first-order valence-electron chi connectivity index (χ1n) is 9.20. The number of aromatic nitrogens is 4. The van der Waals surface area contributed by atoms with Crippen molar-refractivity contribution >= 4 is 27.5 Å². The predicted octanol–water partition coefficient (Wildman–Crippen LogP) is 6.61. The molecule has 0 amide bonds. The lowest BCUT2D eigenvalue weighted by Crippen LogP contribution is -2.11. The molecule has 2 aromatic carbocycles. The van der Waals surface area contributed by atoms with E-state index in [2.05, 4.69) is 38.3 Å². The Labute approximate surface area is 182 Å². The number of hydrogen-bond acceptors (Lipinski definition) is 4.